The van der Waals surface area contributed by atoms with Gasteiger partial charge in [-0.05, 0) is 19.3 Å². The summed E-state index contributed by atoms with van der Waals surface area (Å²) < 4.78 is 5.35. The van der Waals surface area contributed by atoms with Crippen LogP contribution in [0, 0.1) is 5.92 Å². The number of fused-ring (bicyclic) bond motifs is 1. The number of epoxide rings is 1. The van der Waals surface area contributed by atoms with Gasteiger partial charge in [0.25, 0.3) is 0 Å². The van der Waals surface area contributed by atoms with E-state index in [1.807, 2.05) is 6.92 Å². The number of ether oxygens (including phenoxy) is 1. The summed E-state index contributed by atoms with van der Waals surface area (Å²) in [5.41, 5.74) is 0. The lowest BCUT2D eigenvalue weighted by Gasteiger charge is -2.16. The quantitative estimate of drug-likeness (QED) is 0.564. The van der Waals surface area contributed by atoms with Gasteiger partial charge in [0.15, 0.2) is 0 Å². The van der Waals surface area contributed by atoms with E-state index in [0.29, 0.717) is 30.3 Å². The molecule has 11 heavy (non-hydrogen) atoms. The van der Waals surface area contributed by atoms with Gasteiger partial charge in [-0.1, -0.05) is 6.92 Å². The molecule has 1 heterocycles. The highest BCUT2D eigenvalue weighted by atomic mass is 16.6. The van der Waals surface area contributed by atoms with Crippen molar-refractivity contribution in [2.45, 2.75) is 44.8 Å². The number of hydrogen-bond acceptors (Lipinski definition) is 2. The zero-order valence-corrected chi connectivity index (χ0v) is 6.88. The summed E-state index contributed by atoms with van der Waals surface area (Å²) in [4.78, 5) is 11.3. The van der Waals surface area contributed by atoms with Crippen molar-refractivity contribution in [3.8, 4) is 0 Å². The normalized spacial score (nSPS) is 41.4. The topological polar surface area (TPSA) is 29.6 Å². The van der Waals surface area contributed by atoms with Gasteiger partial charge in [-0.3, -0.25) is 4.79 Å². The molecule has 2 fully saturated rings. The molecule has 3 unspecified atom stereocenters. The van der Waals surface area contributed by atoms with E-state index < -0.39 is 0 Å². The van der Waals surface area contributed by atoms with Gasteiger partial charge in [0.2, 0.25) is 0 Å². The predicted octanol–water partition coefficient (Wildman–Crippen LogP) is 1.53. The number of hydrogen-bond donors (Lipinski definition) is 0. The standard InChI is InChI=1S/C9H14O2/c1-2-7(10)6-3-4-8-9(5-6)11-8/h6,8-9H,2-5H2,1H3. The lowest BCUT2D eigenvalue weighted by Crippen LogP contribution is -2.20. The van der Waals surface area contributed by atoms with Gasteiger partial charge in [-0.2, -0.15) is 0 Å². The SMILES string of the molecule is CCC(=O)C1CCC2OC2C1. The second-order valence-corrected chi connectivity index (χ2v) is 3.54. The first-order valence-electron chi connectivity index (χ1n) is 4.49. The lowest BCUT2D eigenvalue weighted by atomic mass is 9.85. The monoisotopic (exact) mass is 154 g/mol. The second kappa shape index (κ2) is 2.59. The summed E-state index contributed by atoms with van der Waals surface area (Å²) in [5.74, 6) is 0.753. The zero-order valence-electron chi connectivity index (χ0n) is 6.88. The van der Waals surface area contributed by atoms with Crippen molar-refractivity contribution in [3.05, 3.63) is 0 Å². The van der Waals surface area contributed by atoms with E-state index in [1.165, 1.54) is 0 Å². The Morgan fingerprint density at radius 2 is 2.27 bits per heavy atom. The molecule has 62 valence electrons. The number of Topliss-reactive ketones (excluding diaryl/α,β-unsaturated/α-hetero) is 1. The maximum absolute atomic E-state index is 11.3. The first-order valence-corrected chi connectivity index (χ1v) is 4.49. The van der Waals surface area contributed by atoms with Crippen molar-refractivity contribution >= 4 is 5.78 Å². The van der Waals surface area contributed by atoms with Crippen LogP contribution in [0.2, 0.25) is 0 Å². The Hall–Kier alpha value is -0.370. The highest BCUT2D eigenvalue weighted by Gasteiger charge is 2.45. The van der Waals surface area contributed by atoms with Crippen LogP contribution in [0.1, 0.15) is 32.6 Å². The second-order valence-electron chi connectivity index (χ2n) is 3.54. The molecular weight excluding hydrogens is 140 g/mol. The fourth-order valence-electron chi connectivity index (χ4n) is 1.99. The number of carbonyl (C=O) groups is 1. The average molecular weight is 154 g/mol. The van der Waals surface area contributed by atoms with Crippen LogP contribution < -0.4 is 0 Å². The van der Waals surface area contributed by atoms with Gasteiger partial charge in [-0.15, -0.1) is 0 Å². The Balaban J connectivity index is 1.89. The summed E-state index contributed by atoms with van der Waals surface area (Å²) in [5, 5.41) is 0. The molecule has 1 saturated heterocycles. The number of ketones is 1. The highest BCUT2D eigenvalue weighted by Crippen LogP contribution is 2.39. The molecule has 0 aromatic rings. The summed E-state index contributed by atoms with van der Waals surface area (Å²) in [6.45, 7) is 1.95. The first-order chi connectivity index (χ1) is 5.31. The first kappa shape index (κ1) is 7.29. The van der Waals surface area contributed by atoms with Crippen LogP contribution in [0.3, 0.4) is 0 Å². The smallest absolute Gasteiger partial charge is 0.135 e. The van der Waals surface area contributed by atoms with Gasteiger partial charge in [0.05, 0.1) is 12.2 Å². The van der Waals surface area contributed by atoms with E-state index in [4.69, 9.17) is 4.74 Å². The molecule has 2 heteroatoms. The molecule has 1 aliphatic carbocycles. The fraction of sp³-hybridized carbons (Fsp3) is 0.889. The average Bonchev–Trinajstić information content (AvgIpc) is 2.80. The lowest BCUT2D eigenvalue weighted by molar-refractivity contribution is -0.123. The molecular formula is C9H14O2. The molecule has 0 spiro atoms. The summed E-state index contributed by atoms with van der Waals surface area (Å²) >= 11 is 0. The van der Waals surface area contributed by atoms with E-state index >= 15 is 0 Å². The highest BCUT2D eigenvalue weighted by molar-refractivity contribution is 5.80. The number of carbonyl (C=O) groups excluding carboxylic acids is 1. The number of rotatable bonds is 2. The van der Waals surface area contributed by atoms with Crippen molar-refractivity contribution in [1.29, 1.82) is 0 Å². The van der Waals surface area contributed by atoms with Crippen LogP contribution in [0.15, 0.2) is 0 Å². The third kappa shape index (κ3) is 1.32. The zero-order chi connectivity index (χ0) is 7.84. The van der Waals surface area contributed by atoms with Crippen molar-refractivity contribution in [1.82, 2.24) is 0 Å². The van der Waals surface area contributed by atoms with E-state index in [2.05, 4.69) is 0 Å². The third-order valence-electron chi connectivity index (χ3n) is 2.81. The van der Waals surface area contributed by atoms with Crippen molar-refractivity contribution < 1.29 is 9.53 Å². The molecule has 0 radical (unpaired) electrons. The van der Waals surface area contributed by atoms with Crippen molar-refractivity contribution in [2.24, 2.45) is 5.92 Å². The van der Waals surface area contributed by atoms with Gasteiger partial charge in [-0.25, -0.2) is 0 Å². The van der Waals surface area contributed by atoms with E-state index in [9.17, 15) is 4.79 Å². The van der Waals surface area contributed by atoms with E-state index in [1.54, 1.807) is 0 Å². The molecule has 3 atom stereocenters. The van der Waals surface area contributed by atoms with Crippen molar-refractivity contribution in [3.63, 3.8) is 0 Å². The molecule has 0 N–H and O–H groups in total. The van der Waals surface area contributed by atoms with Gasteiger partial charge >= 0.3 is 0 Å². The van der Waals surface area contributed by atoms with Crippen LogP contribution in [0.4, 0.5) is 0 Å². The molecule has 0 amide bonds. The van der Waals surface area contributed by atoms with Crippen LogP contribution in [-0.4, -0.2) is 18.0 Å². The summed E-state index contributed by atoms with van der Waals surface area (Å²) in [6.07, 6.45) is 4.84. The Kier molecular flexibility index (Phi) is 1.72. The summed E-state index contributed by atoms with van der Waals surface area (Å²) in [7, 11) is 0. The Morgan fingerprint density at radius 3 is 2.91 bits per heavy atom. The minimum absolute atomic E-state index is 0.323. The molecule has 2 rings (SSSR count). The molecule has 0 bridgehead atoms. The van der Waals surface area contributed by atoms with Crippen LogP contribution in [0.5, 0.6) is 0 Å². The summed E-state index contributed by atoms with van der Waals surface area (Å²) in [6, 6.07) is 0. The van der Waals surface area contributed by atoms with Gasteiger partial charge < -0.3 is 4.74 Å². The minimum atomic E-state index is 0.323. The van der Waals surface area contributed by atoms with Gasteiger partial charge in [0, 0.05) is 12.3 Å². The molecule has 2 aliphatic rings. The predicted molar refractivity (Wildman–Crippen MR) is 41.3 cm³/mol. The fourth-order valence-corrected chi connectivity index (χ4v) is 1.99. The molecule has 0 aromatic carbocycles. The molecule has 1 aliphatic heterocycles. The minimum Gasteiger partial charge on any atom is -0.370 e. The largest absolute Gasteiger partial charge is 0.370 e. The maximum Gasteiger partial charge on any atom is 0.135 e. The molecule has 2 nitrogen and oxygen atoms in total. The molecule has 1 saturated carbocycles. The molecule has 0 aromatic heterocycles. The van der Waals surface area contributed by atoms with E-state index in [-0.39, 0.29) is 0 Å². The Labute approximate surface area is 66.9 Å². The van der Waals surface area contributed by atoms with Crippen molar-refractivity contribution in [2.75, 3.05) is 0 Å². The van der Waals surface area contributed by atoms with E-state index in [0.717, 1.165) is 19.3 Å². The maximum atomic E-state index is 11.3. The van der Waals surface area contributed by atoms with Gasteiger partial charge in [0.1, 0.15) is 5.78 Å². The van der Waals surface area contributed by atoms with Crippen LogP contribution in [-0.2, 0) is 9.53 Å². The Morgan fingerprint density at radius 1 is 1.45 bits per heavy atom. The van der Waals surface area contributed by atoms with Crippen LogP contribution in [0.25, 0.3) is 0 Å². The van der Waals surface area contributed by atoms with Crippen LogP contribution >= 0.6 is 0 Å². The third-order valence-corrected chi connectivity index (χ3v) is 2.81. The Bertz CT molecular complexity index is 176.